The lowest BCUT2D eigenvalue weighted by Gasteiger charge is -2.15. The predicted molar refractivity (Wildman–Crippen MR) is 54.2 cm³/mol. The Hall–Kier alpha value is -1.07. The van der Waals surface area contributed by atoms with Crippen LogP contribution in [0.2, 0.25) is 0 Å². The second-order valence-corrected chi connectivity index (χ2v) is 2.84. The van der Waals surface area contributed by atoms with Crippen LogP contribution in [0.25, 0.3) is 0 Å². The third kappa shape index (κ3) is 2.71. The molecule has 6 heteroatoms. The van der Waals surface area contributed by atoms with Gasteiger partial charge in [-0.1, -0.05) is 6.92 Å². The number of nitrogens with two attached hydrogens (primary N) is 1. The van der Waals surface area contributed by atoms with Gasteiger partial charge >= 0.3 is 5.97 Å². The van der Waals surface area contributed by atoms with E-state index in [-0.39, 0.29) is 18.3 Å². The summed E-state index contributed by atoms with van der Waals surface area (Å²) in [6.07, 6.45) is 3.20. The molecule has 5 nitrogen and oxygen atoms in total. The van der Waals surface area contributed by atoms with Crippen LogP contribution in [0.3, 0.4) is 0 Å². The maximum absolute atomic E-state index is 11.1. The quantitative estimate of drug-likeness (QED) is 0.723. The Morgan fingerprint density at radius 2 is 2.36 bits per heavy atom. The SMILES string of the molecule is COC(=O)C(N)C(C)c1cnc[nH]1.Cl. The number of ether oxygens (including phenoxy) is 1. The minimum Gasteiger partial charge on any atom is -0.468 e. The van der Waals surface area contributed by atoms with E-state index in [9.17, 15) is 4.79 Å². The van der Waals surface area contributed by atoms with Crippen molar-refractivity contribution in [2.45, 2.75) is 18.9 Å². The van der Waals surface area contributed by atoms with Gasteiger partial charge in [0.2, 0.25) is 0 Å². The molecule has 0 amide bonds. The summed E-state index contributed by atoms with van der Waals surface area (Å²) in [7, 11) is 1.32. The van der Waals surface area contributed by atoms with Gasteiger partial charge in [-0.15, -0.1) is 12.4 Å². The fourth-order valence-corrected chi connectivity index (χ4v) is 1.05. The van der Waals surface area contributed by atoms with Crippen LogP contribution in [0.4, 0.5) is 0 Å². The predicted octanol–water partition coefficient (Wildman–Crippen LogP) is 0.435. The number of carbonyl (C=O) groups is 1. The zero-order valence-electron chi connectivity index (χ0n) is 8.06. The lowest BCUT2D eigenvalue weighted by molar-refractivity contribution is -0.142. The van der Waals surface area contributed by atoms with Crippen LogP contribution >= 0.6 is 12.4 Å². The molecule has 1 aromatic heterocycles. The first-order valence-electron chi connectivity index (χ1n) is 3.98. The van der Waals surface area contributed by atoms with Crippen molar-refractivity contribution in [3.05, 3.63) is 18.2 Å². The summed E-state index contributed by atoms with van der Waals surface area (Å²) in [6.45, 7) is 1.84. The van der Waals surface area contributed by atoms with E-state index in [1.54, 1.807) is 12.5 Å². The minimum absolute atomic E-state index is 0. The molecule has 0 aliphatic carbocycles. The fraction of sp³-hybridized carbons (Fsp3) is 0.500. The van der Waals surface area contributed by atoms with E-state index < -0.39 is 12.0 Å². The maximum atomic E-state index is 11.1. The number of nitrogens with one attached hydrogen (secondary N) is 1. The van der Waals surface area contributed by atoms with Gasteiger partial charge in [-0.05, 0) is 0 Å². The van der Waals surface area contributed by atoms with Crippen molar-refractivity contribution in [1.82, 2.24) is 9.97 Å². The van der Waals surface area contributed by atoms with E-state index in [0.717, 1.165) is 5.69 Å². The van der Waals surface area contributed by atoms with Crippen LogP contribution in [-0.4, -0.2) is 29.1 Å². The number of esters is 1. The van der Waals surface area contributed by atoms with Crippen molar-refractivity contribution in [3.8, 4) is 0 Å². The van der Waals surface area contributed by atoms with Crippen molar-refractivity contribution >= 4 is 18.4 Å². The van der Waals surface area contributed by atoms with Gasteiger partial charge in [-0.3, -0.25) is 4.79 Å². The second kappa shape index (κ2) is 5.62. The summed E-state index contributed by atoms with van der Waals surface area (Å²) in [5.41, 5.74) is 6.47. The summed E-state index contributed by atoms with van der Waals surface area (Å²) >= 11 is 0. The molecule has 0 aliphatic heterocycles. The summed E-state index contributed by atoms with van der Waals surface area (Å²) in [6, 6.07) is -0.648. The second-order valence-electron chi connectivity index (χ2n) is 2.84. The van der Waals surface area contributed by atoms with E-state index in [1.165, 1.54) is 7.11 Å². The molecule has 1 aromatic rings. The Kier molecular flexibility index (Phi) is 5.19. The Morgan fingerprint density at radius 1 is 1.71 bits per heavy atom. The van der Waals surface area contributed by atoms with E-state index in [4.69, 9.17) is 5.73 Å². The lowest BCUT2D eigenvalue weighted by atomic mass is 10.00. The molecule has 0 saturated carbocycles. The van der Waals surface area contributed by atoms with Crippen molar-refractivity contribution in [2.24, 2.45) is 5.73 Å². The van der Waals surface area contributed by atoms with Crippen LogP contribution < -0.4 is 5.73 Å². The number of rotatable bonds is 3. The summed E-state index contributed by atoms with van der Waals surface area (Å²) < 4.78 is 4.53. The van der Waals surface area contributed by atoms with E-state index in [0.29, 0.717) is 0 Å². The van der Waals surface area contributed by atoms with E-state index in [1.807, 2.05) is 6.92 Å². The Bertz CT molecular complexity index is 276. The highest BCUT2D eigenvalue weighted by atomic mass is 35.5. The standard InChI is InChI=1S/C8H13N3O2.ClH/c1-5(6-3-10-4-11-6)7(9)8(12)13-2;/h3-5,7H,9H2,1-2H3,(H,10,11);1H. The average molecular weight is 220 g/mol. The van der Waals surface area contributed by atoms with E-state index in [2.05, 4.69) is 14.7 Å². The molecule has 0 radical (unpaired) electrons. The zero-order chi connectivity index (χ0) is 9.84. The highest BCUT2D eigenvalue weighted by Gasteiger charge is 2.23. The van der Waals surface area contributed by atoms with Gasteiger partial charge in [0.25, 0.3) is 0 Å². The van der Waals surface area contributed by atoms with Gasteiger partial charge in [0, 0.05) is 17.8 Å². The number of carbonyl (C=O) groups excluding carboxylic acids is 1. The van der Waals surface area contributed by atoms with Crippen molar-refractivity contribution < 1.29 is 9.53 Å². The molecule has 0 aromatic carbocycles. The molecule has 0 bridgehead atoms. The monoisotopic (exact) mass is 219 g/mol. The molecule has 3 N–H and O–H groups in total. The minimum atomic E-state index is -0.648. The van der Waals surface area contributed by atoms with Gasteiger partial charge in [-0.2, -0.15) is 0 Å². The van der Waals surface area contributed by atoms with Crippen LogP contribution in [0, 0.1) is 0 Å². The van der Waals surface area contributed by atoms with Gasteiger partial charge in [0.05, 0.1) is 13.4 Å². The molecule has 1 heterocycles. The first-order chi connectivity index (χ1) is 6.16. The number of aromatic amines is 1. The first kappa shape index (κ1) is 12.9. The maximum Gasteiger partial charge on any atom is 0.323 e. The third-order valence-corrected chi connectivity index (χ3v) is 2.02. The molecule has 2 atom stereocenters. The van der Waals surface area contributed by atoms with Crippen molar-refractivity contribution in [3.63, 3.8) is 0 Å². The van der Waals surface area contributed by atoms with Crippen LogP contribution in [-0.2, 0) is 9.53 Å². The molecule has 1 rings (SSSR count). The number of nitrogens with zero attached hydrogens (tertiary/aromatic N) is 1. The van der Waals surface area contributed by atoms with Crippen LogP contribution in [0.1, 0.15) is 18.5 Å². The average Bonchev–Trinajstić information content (AvgIpc) is 2.67. The molecular formula is C8H14ClN3O2. The smallest absolute Gasteiger partial charge is 0.323 e. The third-order valence-electron chi connectivity index (χ3n) is 2.02. The van der Waals surface area contributed by atoms with Crippen molar-refractivity contribution in [1.29, 1.82) is 0 Å². The normalized spacial score (nSPS) is 13.9. The Labute approximate surface area is 88.5 Å². The van der Waals surface area contributed by atoms with Gasteiger partial charge in [-0.25, -0.2) is 4.98 Å². The molecule has 0 aliphatic rings. The number of imidazole rings is 1. The van der Waals surface area contributed by atoms with Crippen LogP contribution in [0.15, 0.2) is 12.5 Å². The molecule has 0 saturated heterocycles. The topological polar surface area (TPSA) is 81.0 Å². The van der Waals surface area contributed by atoms with Gasteiger partial charge in [0.15, 0.2) is 0 Å². The zero-order valence-corrected chi connectivity index (χ0v) is 8.88. The number of methoxy groups -OCH3 is 1. The van der Waals surface area contributed by atoms with Crippen molar-refractivity contribution in [2.75, 3.05) is 7.11 Å². The molecule has 0 spiro atoms. The highest BCUT2D eigenvalue weighted by molar-refractivity contribution is 5.85. The molecular weight excluding hydrogens is 206 g/mol. The lowest BCUT2D eigenvalue weighted by Crippen LogP contribution is -2.36. The Morgan fingerprint density at radius 3 is 2.79 bits per heavy atom. The summed E-state index contributed by atoms with van der Waals surface area (Å²) in [5.74, 6) is -0.531. The Balaban J connectivity index is 0.00000169. The van der Waals surface area contributed by atoms with Crippen LogP contribution in [0.5, 0.6) is 0 Å². The largest absolute Gasteiger partial charge is 0.468 e. The molecule has 2 unspecified atom stereocenters. The first-order valence-corrected chi connectivity index (χ1v) is 3.98. The molecule has 80 valence electrons. The fourth-order valence-electron chi connectivity index (χ4n) is 1.05. The number of halogens is 1. The van der Waals surface area contributed by atoms with E-state index >= 15 is 0 Å². The number of aromatic nitrogens is 2. The number of hydrogen-bond donors (Lipinski definition) is 2. The summed E-state index contributed by atoms with van der Waals surface area (Å²) in [4.78, 5) is 17.8. The molecule has 14 heavy (non-hydrogen) atoms. The van der Waals surface area contributed by atoms with Gasteiger partial charge < -0.3 is 15.5 Å². The van der Waals surface area contributed by atoms with Gasteiger partial charge in [0.1, 0.15) is 6.04 Å². The number of hydrogen-bond acceptors (Lipinski definition) is 4. The summed E-state index contributed by atoms with van der Waals surface area (Å²) in [5, 5.41) is 0. The number of H-pyrrole nitrogens is 1. The highest BCUT2D eigenvalue weighted by Crippen LogP contribution is 2.15. The molecule has 0 fully saturated rings.